The summed E-state index contributed by atoms with van der Waals surface area (Å²) in [7, 11) is 0. The van der Waals surface area contributed by atoms with E-state index in [0.29, 0.717) is 5.56 Å². The van der Waals surface area contributed by atoms with Crippen LogP contribution in [0, 0.1) is 0 Å². The lowest BCUT2D eigenvalue weighted by molar-refractivity contribution is -0.182. The van der Waals surface area contributed by atoms with Gasteiger partial charge in [0.1, 0.15) is 0 Å². The molecule has 0 aromatic heterocycles. The molecule has 0 aliphatic carbocycles. The molecule has 2 nitrogen and oxygen atoms in total. The Kier molecular flexibility index (Phi) is 3.71. The maximum absolute atomic E-state index is 11.8. The molecular weight excluding hydrogens is 221 g/mol. The van der Waals surface area contributed by atoms with Crippen molar-refractivity contribution in [3.8, 4) is 0 Å². The van der Waals surface area contributed by atoms with Crippen molar-refractivity contribution in [2.75, 3.05) is 6.61 Å². The molecule has 0 saturated heterocycles. The highest BCUT2D eigenvalue weighted by atomic mass is 19.4. The SMILES string of the molecule is C=C(C(=O)OCC(F)(F)F)c1ccccc1. The predicted octanol–water partition coefficient (Wildman–Crippen LogP) is 2.81. The first-order valence-corrected chi connectivity index (χ1v) is 4.38. The number of carbonyl (C=O) groups excluding carboxylic acids is 1. The zero-order valence-corrected chi connectivity index (χ0v) is 8.25. The summed E-state index contributed by atoms with van der Waals surface area (Å²) in [6.07, 6.45) is -4.52. The van der Waals surface area contributed by atoms with Crippen LogP contribution >= 0.6 is 0 Å². The second-order valence-electron chi connectivity index (χ2n) is 3.04. The molecule has 0 amide bonds. The smallest absolute Gasteiger partial charge is 0.422 e. The first-order valence-electron chi connectivity index (χ1n) is 4.38. The molecule has 86 valence electrons. The molecule has 0 bridgehead atoms. The number of carbonyl (C=O) groups is 1. The molecule has 1 rings (SSSR count). The van der Waals surface area contributed by atoms with E-state index in [0.717, 1.165) is 0 Å². The van der Waals surface area contributed by atoms with Crippen LogP contribution in [0.3, 0.4) is 0 Å². The van der Waals surface area contributed by atoms with Gasteiger partial charge in [-0.15, -0.1) is 0 Å². The monoisotopic (exact) mass is 230 g/mol. The van der Waals surface area contributed by atoms with Gasteiger partial charge in [0.15, 0.2) is 6.61 Å². The molecule has 0 heterocycles. The third-order valence-electron chi connectivity index (χ3n) is 1.74. The number of halogens is 3. The lowest BCUT2D eigenvalue weighted by Gasteiger charge is -2.09. The molecule has 16 heavy (non-hydrogen) atoms. The van der Waals surface area contributed by atoms with Crippen LogP contribution in [-0.2, 0) is 9.53 Å². The van der Waals surface area contributed by atoms with Crippen LogP contribution in [-0.4, -0.2) is 18.8 Å². The molecule has 0 fully saturated rings. The Hall–Kier alpha value is -1.78. The van der Waals surface area contributed by atoms with E-state index < -0.39 is 18.8 Å². The van der Waals surface area contributed by atoms with Gasteiger partial charge in [-0.1, -0.05) is 36.9 Å². The van der Waals surface area contributed by atoms with E-state index in [4.69, 9.17) is 0 Å². The molecule has 0 aliphatic rings. The molecule has 1 aromatic carbocycles. The maximum atomic E-state index is 11.8. The average Bonchev–Trinajstić information content (AvgIpc) is 2.25. The van der Waals surface area contributed by atoms with Crippen molar-refractivity contribution in [3.05, 3.63) is 42.5 Å². The van der Waals surface area contributed by atoms with E-state index in [2.05, 4.69) is 11.3 Å². The zero-order valence-electron chi connectivity index (χ0n) is 8.25. The summed E-state index contributed by atoms with van der Waals surface area (Å²) in [6, 6.07) is 8.15. The van der Waals surface area contributed by atoms with Crippen LogP contribution in [0.2, 0.25) is 0 Å². The molecule has 0 unspecified atom stereocenters. The minimum absolute atomic E-state index is 0.0927. The third-order valence-corrected chi connectivity index (χ3v) is 1.74. The Morgan fingerprint density at radius 2 is 1.81 bits per heavy atom. The van der Waals surface area contributed by atoms with Crippen LogP contribution in [0.5, 0.6) is 0 Å². The van der Waals surface area contributed by atoms with Gasteiger partial charge >= 0.3 is 12.1 Å². The summed E-state index contributed by atoms with van der Waals surface area (Å²) in [5.41, 5.74) is 0.347. The summed E-state index contributed by atoms with van der Waals surface area (Å²) in [5, 5.41) is 0. The average molecular weight is 230 g/mol. The topological polar surface area (TPSA) is 26.3 Å². The Morgan fingerprint density at radius 3 is 2.31 bits per heavy atom. The van der Waals surface area contributed by atoms with Crippen molar-refractivity contribution in [2.24, 2.45) is 0 Å². The van der Waals surface area contributed by atoms with Gasteiger partial charge in [0.2, 0.25) is 0 Å². The van der Waals surface area contributed by atoms with Crippen molar-refractivity contribution in [3.63, 3.8) is 0 Å². The second-order valence-corrected chi connectivity index (χ2v) is 3.04. The van der Waals surface area contributed by atoms with E-state index in [1.165, 1.54) is 0 Å². The Labute approximate surface area is 90.3 Å². The quantitative estimate of drug-likeness (QED) is 0.589. The molecule has 5 heteroatoms. The van der Waals surface area contributed by atoms with Gasteiger partial charge in [-0.3, -0.25) is 0 Å². The van der Waals surface area contributed by atoms with Crippen LogP contribution in [0.15, 0.2) is 36.9 Å². The first kappa shape index (κ1) is 12.3. The van der Waals surface area contributed by atoms with E-state index in [-0.39, 0.29) is 5.57 Å². The fraction of sp³-hybridized carbons (Fsp3) is 0.182. The van der Waals surface area contributed by atoms with Crippen molar-refractivity contribution >= 4 is 11.5 Å². The summed E-state index contributed by atoms with van der Waals surface area (Å²) in [4.78, 5) is 11.2. The molecule has 0 radical (unpaired) electrons. The van der Waals surface area contributed by atoms with Crippen LogP contribution in [0.1, 0.15) is 5.56 Å². The number of hydrogen-bond acceptors (Lipinski definition) is 2. The van der Waals surface area contributed by atoms with Crippen molar-refractivity contribution in [1.82, 2.24) is 0 Å². The molecular formula is C11H9F3O2. The highest BCUT2D eigenvalue weighted by Crippen LogP contribution is 2.18. The molecule has 0 saturated carbocycles. The Balaban J connectivity index is 2.59. The van der Waals surface area contributed by atoms with Gasteiger partial charge in [-0.05, 0) is 5.56 Å². The minimum atomic E-state index is -4.52. The highest BCUT2D eigenvalue weighted by Gasteiger charge is 2.30. The lowest BCUT2D eigenvalue weighted by atomic mass is 10.1. The number of ether oxygens (including phenoxy) is 1. The van der Waals surface area contributed by atoms with E-state index >= 15 is 0 Å². The van der Waals surface area contributed by atoms with E-state index in [9.17, 15) is 18.0 Å². The Morgan fingerprint density at radius 1 is 1.25 bits per heavy atom. The van der Waals surface area contributed by atoms with Gasteiger partial charge in [-0.2, -0.15) is 13.2 Å². The summed E-state index contributed by atoms with van der Waals surface area (Å²) >= 11 is 0. The third kappa shape index (κ3) is 3.76. The van der Waals surface area contributed by atoms with Crippen LogP contribution < -0.4 is 0 Å². The van der Waals surface area contributed by atoms with Gasteiger partial charge < -0.3 is 4.74 Å². The van der Waals surface area contributed by atoms with Gasteiger partial charge in [-0.25, -0.2) is 4.79 Å². The molecule has 0 aliphatic heterocycles. The van der Waals surface area contributed by atoms with E-state index in [1.807, 2.05) is 0 Å². The fourth-order valence-electron chi connectivity index (χ4n) is 0.992. The predicted molar refractivity (Wildman–Crippen MR) is 52.5 cm³/mol. The van der Waals surface area contributed by atoms with Crippen LogP contribution in [0.25, 0.3) is 5.57 Å². The fourth-order valence-corrected chi connectivity index (χ4v) is 0.992. The number of benzene rings is 1. The van der Waals surface area contributed by atoms with Crippen molar-refractivity contribution in [1.29, 1.82) is 0 Å². The van der Waals surface area contributed by atoms with Gasteiger partial charge in [0, 0.05) is 0 Å². The lowest BCUT2D eigenvalue weighted by Crippen LogP contribution is -2.20. The maximum Gasteiger partial charge on any atom is 0.422 e. The molecule has 0 atom stereocenters. The summed E-state index contributed by atoms with van der Waals surface area (Å²) in [6.45, 7) is 1.78. The zero-order chi connectivity index (χ0) is 12.2. The van der Waals surface area contributed by atoms with Gasteiger partial charge in [0.05, 0.1) is 5.57 Å². The van der Waals surface area contributed by atoms with E-state index in [1.54, 1.807) is 30.3 Å². The van der Waals surface area contributed by atoms with Crippen molar-refractivity contribution in [2.45, 2.75) is 6.18 Å². The first-order chi connectivity index (χ1) is 7.40. The number of alkyl halides is 3. The molecule has 1 aromatic rings. The summed E-state index contributed by atoms with van der Waals surface area (Å²) < 4.78 is 39.4. The largest absolute Gasteiger partial charge is 0.452 e. The Bertz CT molecular complexity index is 382. The number of rotatable bonds is 3. The normalized spacial score (nSPS) is 10.9. The highest BCUT2D eigenvalue weighted by molar-refractivity contribution is 6.15. The van der Waals surface area contributed by atoms with Gasteiger partial charge in [0.25, 0.3) is 0 Å². The number of hydrogen-bond donors (Lipinski definition) is 0. The minimum Gasteiger partial charge on any atom is -0.452 e. The number of esters is 1. The summed E-state index contributed by atoms with van der Waals surface area (Å²) in [5.74, 6) is -1.07. The molecule has 0 N–H and O–H groups in total. The van der Waals surface area contributed by atoms with Crippen LogP contribution in [0.4, 0.5) is 13.2 Å². The standard InChI is InChI=1S/C11H9F3O2/c1-8(9-5-3-2-4-6-9)10(15)16-7-11(12,13)14/h2-6H,1,7H2. The second kappa shape index (κ2) is 4.83. The van der Waals surface area contributed by atoms with Crippen molar-refractivity contribution < 1.29 is 22.7 Å². The molecule has 0 spiro atoms.